The van der Waals surface area contributed by atoms with Gasteiger partial charge < -0.3 is 5.32 Å². The molecule has 1 aromatic heterocycles. The van der Waals surface area contributed by atoms with Gasteiger partial charge in [-0.25, -0.2) is 0 Å². The summed E-state index contributed by atoms with van der Waals surface area (Å²) in [6.07, 6.45) is 3.11. The lowest BCUT2D eigenvalue weighted by molar-refractivity contribution is 0.102. The lowest BCUT2D eigenvalue weighted by Crippen LogP contribution is -2.12. The molecule has 0 fully saturated rings. The fourth-order valence-corrected chi connectivity index (χ4v) is 1.84. The maximum atomic E-state index is 11.9. The van der Waals surface area contributed by atoms with E-state index in [4.69, 9.17) is 11.6 Å². The zero-order valence-corrected chi connectivity index (χ0v) is 11.0. The molecule has 2 rings (SSSR count). The molecule has 0 saturated heterocycles. The summed E-state index contributed by atoms with van der Waals surface area (Å²) in [5.74, 6) is -0.244. The number of hydrogen-bond donors (Lipinski definition) is 1. The zero-order chi connectivity index (χ0) is 12.3. The molecule has 3 nitrogen and oxygen atoms in total. The Morgan fingerprint density at radius 3 is 2.76 bits per heavy atom. The third kappa shape index (κ3) is 3.05. The molecule has 86 valence electrons. The van der Waals surface area contributed by atoms with Crippen LogP contribution in [0, 0.1) is 0 Å². The summed E-state index contributed by atoms with van der Waals surface area (Å²) in [6, 6.07) is 8.76. The first-order valence-electron chi connectivity index (χ1n) is 4.83. The number of rotatable bonds is 2. The van der Waals surface area contributed by atoms with Gasteiger partial charge in [0.2, 0.25) is 0 Å². The molecule has 17 heavy (non-hydrogen) atoms. The fourth-order valence-electron chi connectivity index (χ4n) is 1.29. The minimum absolute atomic E-state index is 0.244. The van der Waals surface area contributed by atoms with Crippen LogP contribution in [-0.2, 0) is 0 Å². The van der Waals surface area contributed by atoms with Crippen LogP contribution in [0.2, 0.25) is 5.02 Å². The van der Waals surface area contributed by atoms with Gasteiger partial charge in [0.15, 0.2) is 0 Å². The van der Waals surface area contributed by atoms with Gasteiger partial charge in [-0.05, 0) is 34.1 Å². The number of nitrogens with zero attached hydrogens (tertiary/aromatic N) is 1. The first-order chi connectivity index (χ1) is 8.16. The van der Waals surface area contributed by atoms with E-state index in [-0.39, 0.29) is 5.91 Å². The van der Waals surface area contributed by atoms with Crippen molar-refractivity contribution in [2.45, 2.75) is 0 Å². The molecule has 0 unspecified atom stereocenters. The number of benzene rings is 1. The standard InChI is InChI=1S/C12H8BrClN2O/c13-9-5-8(6-15-7-9)12(17)16-11-4-2-1-3-10(11)14/h1-7H,(H,16,17). The van der Waals surface area contributed by atoms with Crippen molar-refractivity contribution in [1.29, 1.82) is 0 Å². The summed E-state index contributed by atoms with van der Waals surface area (Å²) in [7, 11) is 0. The van der Waals surface area contributed by atoms with E-state index in [0.29, 0.717) is 16.3 Å². The van der Waals surface area contributed by atoms with Crippen molar-refractivity contribution >= 4 is 39.1 Å². The lowest BCUT2D eigenvalue weighted by Gasteiger charge is -2.06. The molecule has 1 heterocycles. The van der Waals surface area contributed by atoms with Gasteiger partial charge in [0.1, 0.15) is 0 Å². The Hall–Kier alpha value is -1.39. The number of halogens is 2. The van der Waals surface area contributed by atoms with E-state index in [9.17, 15) is 4.79 Å². The smallest absolute Gasteiger partial charge is 0.257 e. The topological polar surface area (TPSA) is 42.0 Å². The number of nitrogens with one attached hydrogen (secondary N) is 1. The first-order valence-corrected chi connectivity index (χ1v) is 6.00. The van der Waals surface area contributed by atoms with Crippen molar-refractivity contribution in [3.63, 3.8) is 0 Å². The van der Waals surface area contributed by atoms with Crippen LogP contribution >= 0.6 is 27.5 Å². The average molecular weight is 312 g/mol. The maximum absolute atomic E-state index is 11.9. The Labute approximate surface area is 112 Å². The number of carbonyl (C=O) groups is 1. The molecule has 5 heteroatoms. The summed E-state index contributed by atoms with van der Waals surface area (Å²) < 4.78 is 0.754. The van der Waals surface area contributed by atoms with Gasteiger partial charge in [-0.3, -0.25) is 9.78 Å². The predicted octanol–water partition coefficient (Wildman–Crippen LogP) is 3.75. The summed E-state index contributed by atoms with van der Waals surface area (Å²) in [5.41, 5.74) is 1.05. The highest BCUT2D eigenvalue weighted by Gasteiger charge is 2.08. The monoisotopic (exact) mass is 310 g/mol. The molecular formula is C12H8BrClN2O. The first kappa shape index (κ1) is 12.1. The molecule has 1 N–H and O–H groups in total. The molecule has 0 aliphatic heterocycles. The normalized spacial score (nSPS) is 10.0. The second-order valence-corrected chi connectivity index (χ2v) is 4.65. The van der Waals surface area contributed by atoms with Crippen molar-refractivity contribution in [3.8, 4) is 0 Å². The highest BCUT2D eigenvalue weighted by molar-refractivity contribution is 9.10. The molecule has 0 bridgehead atoms. The Balaban J connectivity index is 2.20. The van der Waals surface area contributed by atoms with Gasteiger partial charge in [0.25, 0.3) is 5.91 Å². The van der Waals surface area contributed by atoms with Crippen molar-refractivity contribution in [1.82, 2.24) is 4.98 Å². The summed E-state index contributed by atoms with van der Waals surface area (Å²) in [4.78, 5) is 15.8. The van der Waals surface area contributed by atoms with Gasteiger partial charge >= 0.3 is 0 Å². The second-order valence-electron chi connectivity index (χ2n) is 3.33. The highest BCUT2D eigenvalue weighted by Crippen LogP contribution is 2.21. The average Bonchev–Trinajstić information content (AvgIpc) is 2.32. The minimum atomic E-state index is -0.244. The van der Waals surface area contributed by atoms with Gasteiger partial charge in [-0.1, -0.05) is 23.7 Å². The van der Waals surface area contributed by atoms with Crippen LogP contribution < -0.4 is 5.32 Å². The van der Waals surface area contributed by atoms with E-state index in [2.05, 4.69) is 26.2 Å². The van der Waals surface area contributed by atoms with E-state index in [0.717, 1.165) is 4.47 Å². The molecular weight excluding hydrogens is 304 g/mol. The Kier molecular flexibility index (Phi) is 3.76. The molecule has 1 aromatic carbocycles. The van der Waals surface area contributed by atoms with Crippen LogP contribution in [0.5, 0.6) is 0 Å². The van der Waals surface area contributed by atoms with E-state index in [1.807, 2.05) is 0 Å². The third-order valence-corrected chi connectivity index (χ3v) is 2.85. The van der Waals surface area contributed by atoms with Crippen molar-refractivity contribution in [3.05, 3.63) is 57.8 Å². The predicted molar refractivity (Wildman–Crippen MR) is 71.3 cm³/mol. The van der Waals surface area contributed by atoms with Crippen molar-refractivity contribution in [2.75, 3.05) is 5.32 Å². The number of anilines is 1. The van der Waals surface area contributed by atoms with E-state index in [1.54, 1.807) is 36.5 Å². The molecule has 0 atom stereocenters. The maximum Gasteiger partial charge on any atom is 0.257 e. The summed E-state index contributed by atoms with van der Waals surface area (Å²) >= 11 is 9.21. The quantitative estimate of drug-likeness (QED) is 0.918. The summed E-state index contributed by atoms with van der Waals surface area (Å²) in [5, 5.41) is 3.23. The van der Waals surface area contributed by atoms with Gasteiger partial charge in [0, 0.05) is 16.9 Å². The Morgan fingerprint density at radius 1 is 1.29 bits per heavy atom. The molecule has 0 saturated carbocycles. The fraction of sp³-hybridized carbons (Fsp3) is 0. The van der Waals surface area contributed by atoms with Gasteiger partial charge in [-0.15, -0.1) is 0 Å². The van der Waals surface area contributed by atoms with Crippen LogP contribution in [0.15, 0.2) is 47.2 Å². The molecule has 0 aliphatic carbocycles. The number of aromatic nitrogens is 1. The van der Waals surface area contributed by atoms with Crippen LogP contribution in [0.4, 0.5) is 5.69 Å². The number of amides is 1. The summed E-state index contributed by atoms with van der Waals surface area (Å²) in [6.45, 7) is 0. The number of hydrogen-bond acceptors (Lipinski definition) is 2. The number of carbonyl (C=O) groups excluding carboxylic acids is 1. The highest BCUT2D eigenvalue weighted by atomic mass is 79.9. The van der Waals surface area contributed by atoms with E-state index in [1.165, 1.54) is 6.20 Å². The molecule has 0 aliphatic rings. The number of pyridine rings is 1. The van der Waals surface area contributed by atoms with Gasteiger partial charge in [-0.2, -0.15) is 0 Å². The number of para-hydroxylation sites is 1. The zero-order valence-electron chi connectivity index (χ0n) is 8.65. The van der Waals surface area contributed by atoms with E-state index >= 15 is 0 Å². The minimum Gasteiger partial charge on any atom is -0.321 e. The Morgan fingerprint density at radius 2 is 2.06 bits per heavy atom. The molecule has 1 amide bonds. The van der Waals surface area contributed by atoms with E-state index < -0.39 is 0 Å². The van der Waals surface area contributed by atoms with Crippen molar-refractivity contribution in [2.24, 2.45) is 0 Å². The van der Waals surface area contributed by atoms with Gasteiger partial charge in [0.05, 0.1) is 16.3 Å². The lowest BCUT2D eigenvalue weighted by atomic mass is 10.2. The molecule has 0 spiro atoms. The van der Waals surface area contributed by atoms with Crippen LogP contribution in [0.25, 0.3) is 0 Å². The van der Waals surface area contributed by atoms with Crippen LogP contribution in [0.1, 0.15) is 10.4 Å². The Bertz CT molecular complexity index is 560. The molecule has 2 aromatic rings. The van der Waals surface area contributed by atoms with Crippen LogP contribution in [-0.4, -0.2) is 10.9 Å². The second kappa shape index (κ2) is 5.29. The third-order valence-electron chi connectivity index (χ3n) is 2.09. The van der Waals surface area contributed by atoms with Crippen LogP contribution in [0.3, 0.4) is 0 Å². The molecule has 0 radical (unpaired) electrons. The SMILES string of the molecule is O=C(Nc1ccccc1Cl)c1cncc(Br)c1. The van der Waals surface area contributed by atoms with Crippen molar-refractivity contribution < 1.29 is 4.79 Å². The largest absolute Gasteiger partial charge is 0.321 e.